The highest BCUT2D eigenvalue weighted by atomic mass is 32.2. The summed E-state index contributed by atoms with van der Waals surface area (Å²) in [5.74, 6) is 2.33. The lowest BCUT2D eigenvalue weighted by Crippen LogP contribution is -2.47. The lowest BCUT2D eigenvalue weighted by Gasteiger charge is -2.31. The van der Waals surface area contributed by atoms with Crippen molar-refractivity contribution in [3.63, 3.8) is 0 Å². The van der Waals surface area contributed by atoms with Crippen LogP contribution in [0, 0.1) is 5.41 Å². The van der Waals surface area contributed by atoms with Crippen molar-refractivity contribution in [2.75, 3.05) is 24.7 Å². The molecule has 1 atom stereocenters. The number of fused-ring (bicyclic) bond motifs is 1. The first-order chi connectivity index (χ1) is 11.0. The Kier molecular flexibility index (Phi) is 4.79. The van der Waals surface area contributed by atoms with Gasteiger partial charge in [0.25, 0.3) is 0 Å². The molecule has 0 aromatic heterocycles. The number of ether oxygens (including phenoxy) is 1. The molecule has 0 N–H and O–H groups in total. The smallest absolute Gasteiger partial charge is 0.215 e. The molecule has 0 amide bonds. The van der Waals surface area contributed by atoms with E-state index in [9.17, 15) is 4.79 Å². The Bertz CT molecular complexity index is 696. The van der Waals surface area contributed by atoms with E-state index in [1.807, 2.05) is 18.2 Å². The Balaban J connectivity index is 1.95. The monoisotopic (exact) mass is 329 g/mol. The molecule has 0 bridgehead atoms. The topological polar surface area (TPSA) is 26.3 Å². The summed E-state index contributed by atoms with van der Waals surface area (Å²) in [4.78, 5) is 13.3. The number of hydrogen-bond donors (Lipinski definition) is 0. The maximum atomic E-state index is 13.3. The van der Waals surface area contributed by atoms with E-state index in [0.717, 1.165) is 35.7 Å². The van der Waals surface area contributed by atoms with Gasteiger partial charge in [-0.1, -0.05) is 57.2 Å². The van der Waals surface area contributed by atoms with Crippen LogP contribution in [0.1, 0.15) is 31.1 Å². The van der Waals surface area contributed by atoms with Gasteiger partial charge >= 0.3 is 0 Å². The van der Waals surface area contributed by atoms with E-state index in [2.05, 4.69) is 45.0 Å². The number of benzene rings is 2. The van der Waals surface area contributed by atoms with Crippen molar-refractivity contribution < 1.29 is 9.53 Å². The van der Waals surface area contributed by atoms with Gasteiger partial charge in [0.1, 0.15) is 11.5 Å². The zero-order valence-electron chi connectivity index (χ0n) is 14.2. The summed E-state index contributed by atoms with van der Waals surface area (Å²) in [5.41, 5.74) is 0.825. The van der Waals surface area contributed by atoms with E-state index >= 15 is 0 Å². The molecule has 0 aliphatic carbocycles. The van der Waals surface area contributed by atoms with Gasteiger partial charge in [0.05, 0.1) is 13.2 Å². The van der Waals surface area contributed by atoms with Crippen LogP contribution >= 0.6 is 0 Å². The molecule has 1 heterocycles. The molecule has 2 aromatic rings. The Morgan fingerprint density at radius 1 is 1.04 bits per heavy atom. The highest BCUT2D eigenvalue weighted by molar-refractivity contribution is 7.98. The third-order valence-electron chi connectivity index (χ3n) is 4.37. The predicted molar refractivity (Wildman–Crippen MR) is 99.4 cm³/mol. The second kappa shape index (κ2) is 6.66. The first-order valence-electron chi connectivity index (χ1n) is 8.24. The Morgan fingerprint density at radius 3 is 2.35 bits per heavy atom. The van der Waals surface area contributed by atoms with Crippen LogP contribution in [0.3, 0.4) is 0 Å². The number of hydrogen-bond acceptors (Lipinski definition) is 2. The summed E-state index contributed by atoms with van der Waals surface area (Å²) in [5, 5.41) is 2.40. The molecule has 2 nitrogen and oxygen atoms in total. The molecule has 0 spiro atoms. The van der Waals surface area contributed by atoms with Crippen LogP contribution < -0.4 is 0 Å². The van der Waals surface area contributed by atoms with Gasteiger partial charge in [-0.3, -0.25) is 4.79 Å². The molecular weight excluding hydrogens is 304 g/mol. The van der Waals surface area contributed by atoms with Gasteiger partial charge in [0.15, 0.2) is 5.25 Å². The maximum Gasteiger partial charge on any atom is 0.215 e. The summed E-state index contributed by atoms with van der Waals surface area (Å²) in [6, 6.07) is 14.3. The average molecular weight is 329 g/mol. The summed E-state index contributed by atoms with van der Waals surface area (Å²) in [7, 11) is 0.109. The molecule has 1 fully saturated rings. The minimum absolute atomic E-state index is 0.0246. The van der Waals surface area contributed by atoms with Crippen LogP contribution in [0.25, 0.3) is 10.8 Å². The van der Waals surface area contributed by atoms with Crippen molar-refractivity contribution in [3.8, 4) is 0 Å². The van der Waals surface area contributed by atoms with Gasteiger partial charge in [-0.25, -0.2) is 0 Å². The zero-order valence-corrected chi connectivity index (χ0v) is 15.0. The average Bonchev–Trinajstić information content (AvgIpc) is 2.54. The second-order valence-electron chi connectivity index (χ2n) is 7.23. The third-order valence-corrected chi connectivity index (χ3v) is 7.34. The molecule has 1 saturated heterocycles. The first-order valence-corrected chi connectivity index (χ1v) is 9.86. The van der Waals surface area contributed by atoms with E-state index in [0.29, 0.717) is 5.78 Å². The van der Waals surface area contributed by atoms with Gasteiger partial charge in [-0.05, 0) is 16.8 Å². The van der Waals surface area contributed by atoms with Gasteiger partial charge in [-0.15, -0.1) is 0 Å². The number of carbonyl (C=O) groups excluding carboxylic acids is 1. The molecule has 23 heavy (non-hydrogen) atoms. The van der Waals surface area contributed by atoms with Gasteiger partial charge in [-0.2, -0.15) is 0 Å². The predicted octanol–water partition coefficient (Wildman–Crippen LogP) is 4.09. The fourth-order valence-corrected chi connectivity index (χ4v) is 6.09. The van der Waals surface area contributed by atoms with E-state index in [1.165, 1.54) is 5.39 Å². The second-order valence-corrected chi connectivity index (χ2v) is 9.59. The maximum absolute atomic E-state index is 13.3. The van der Waals surface area contributed by atoms with Crippen LogP contribution in [0.5, 0.6) is 0 Å². The molecule has 0 radical (unpaired) electrons. The first kappa shape index (κ1) is 16.5. The van der Waals surface area contributed by atoms with Crippen molar-refractivity contribution >= 4 is 27.5 Å². The minimum Gasteiger partial charge on any atom is -0.372 e. The molecule has 3 rings (SSSR count). The number of ketones is 1. The molecule has 3 heteroatoms. The normalized spacial score (nSPS) is 18.0. The molecule has 1 aliphatic heterocycles. The van der Waals surface area contributed by atoms with Crippen molar-refractivity contribution in [2.24, 2.45) is 5.41 Å². The van der Waals surface area contributed by atoms with Crippen LogP contribution in [0.4, 0.5) is 0 Å². The van der Waals surface area contributed by atoms with Gasteiger partial charge < -0.3 is 4.74 Å². The van der Waals surface area contributed by atoms with Crippen molar-refractivity contribution in [3.05, 3.63) is 48.0 Å². The number of rotatable bonds is 3. The van der Waals surface area contributed by atoms with Crippen molar-refractivity contribution in [1.29, 1.82) is 0 Å². The van der Waals surface area contributed by atoms with Crippen LogP contribution in [0.2, 0.25) is 0 Å². The molecule has 2 aromatic carbocycles. The van der Waals surface area contributed by atoms with Crippen LogP contribution in [0.15, 0.2) is 42.5 Å². The van der Waals surface area contributed by atoms with Crippen LogP contribution in [-0.2, 0) is 15.6 Å². The van der Waals surface area contributed by atoms with E-state index in [-0.39, 0.29) is 21.6 Å². The quantitative estimate of drug-likeness (QED) is 0.626. The van der Waals surface area contributed by atoms with Gasteiger partial charge in [0, 0.05) is 21.9 Å². The van der Waals surface area contributed by atoms with E-state index < -0.39 is 0 Å². The number of carbonyl (C=O) groups is 1. The van der Waals surface area contributed by atoms with E-state index in [1.54, 1.807) is 0 Å². The summed E-state index contributed by atoms with van der Waals surface area (Å²) in [6.07, 6.45) is 0. The third kappa shape index (κ3) is 3.61. The Morgan fingerprint density at radius 2 is 1.70 bits per heavy atom. The fourth-order valence-electron chi connectivity index (χ4n) is 3.31. The summed E-state index contributed by atoms with van der Waals surface area (Å²) in [6.45, 7) is 8.17. The summed E-state index contributed by atoms with van der Waals surface area (Å²) >= 11 is 0. The van der Waals surface area contributed by atoms with Crippen LogP contribution in [-0.4, -0.2) is 35.8 Å². The van der Waals surface area contributed by atoms with Crippen molar-refractivity contribution in [1.82, 2.24) is 0 Å². The molecule has 1 aliphatic rings. The number of Topliss-reactive ketones (excluding diaryl/α,β-unsaturated/α-hetero) is 1. The SMILES string of the molecule is CC(C)(C)C(C(=O)c1ccc2ccccc2c1)[S+]1CCOCC1. The van der Waals surface area contributed by atoms with Crippen molar-refractivity contribution in [2.45, 2.75) is 26.0 Å². The summed E-state index contributed by atoms with van der Waals surface area (Å²) < 4.78 is 5.50. The minimum atomic E-state index is -0.0246. The zero-order chi connectivity index (χ0) is 16.4. The molecule has 1 unspecified atom stereocenters. The molecule has 0 saturated carbocycles. The standard InChI is InChI=1S/C20H25O2S/c1-20(2,3)19(23-12-10-22-11-13-23)18(21)17-9-8-15-6-4-5-7-16(15)14-17/h4-9,14,19H,10-13H2,1-3H3/q+1. The highest BCUT2D eigenvalue weighted by Gasteiger charge is 2.46. The Labute approximate surface area is 141 Å². The van der Waals surface area contributed by atoms with Gasteiger partial charge in [0.2, 0.25) is 5.78 Å². The Hall–Kier alpha value is -1.32. The largest absolute Gasteiger partial charge is 0.372 e. The van der Waals surface area contributed by atoms with E-state index in [4.69, 9.17) is 4.74 Å². The lowest BCUT2D eigenvalue weighted by atomic mass is 9.86. The molecular formula is C20H25O2S+. The fraction of sp³-hybridized carbons (Fsp3) is 0.450. The highest BCUT2D eigenvalue weighted by Crippen LogP contribution is 2.32. The molecule has 122 valence electrons. The lowest BCUT2D eigenvalue weighted by molar-refractivity contribution is 0.0946.